The molecule has 4 nitrogen and oxygen atoms in total. The van der Waals surface area contributed by atoms with Crippen molar-refractivity contribution in [1.29, 1.82) is 5.26 Å². The summed E-state index contributed by atoms with van der Waals surface area (Å²) in [6.45, 7) is 0.197. The number of para-hydroxylation sites is 1. The van der Waals surface area contributed by atoms with Gasteiger partial charge in [0.25, 0.3) is 0 Å². The molecule has 1 heterocycles. The SMILES string of the molecule is N#Cc1ccccc1N1CC(=O)Nc2ccc(Br)cc21. The molecule has 0 fully saturated rings. The van der Waals surface area contributed by atoms with Crippen LogP contribution < -0.4 is 10.2 Å². The second-order valence-corrected chi connectivity index (χ2v) is 5.34. The lowest BCUT2D eigenvalue weighted by Crippen LogP contribution is -2.35. The Bertz CT molecular complexity index is 736. The molecule has 1 amide bonds. The van der Waals surface area contributed by atoms with E-state index in [1.807, 2.05) is 41.3 Å². The van der Waals surface area contributed by atoms with Crippen molar-refractivity contribution in [3.8, 4) is 6.07 Å². The van der Waals surface area contributed by atoms with E-state index in [0.717, 1.165) is 21.5 Å². The van der Waals surface area contributed by atoms with Crippen molar-refractivity contribution in [1.82, 2.24) is 0 Å². The predicted molar refractivity (Wildman–Crippen MR) is 80.9 cm³/mol. The van der Waals surface area contributed by atoms with Crippen LogP contribution in [0.3, 0.4) is 0 Å². The molecule has 0 aliphatic carbocycles. The molecule has 2 aromatic rings. The number of benzene rings is 2. The summed E-state index contributed by atoms with van der Waals surface area (Å²) in [5, 5.41) is 12.1. The Morgan fingerprint density at radius 2 is 2.00 bits per heavy atom. The fourth-order valence-corrected chi connectivity index (χ4v) is 2.62. The monoisotopic (exact) mass is 327 g/mol. The van der Waals surface area contributed by atoms with Gasteiger partial charge in [-0.3, -0.25) is 4.79 Å². The first kappa shape index (κ1) is 12.7. The Labute approximate surface area is 124 Å². The fraction of sp³-hybridized carbons (Fsp3) is 0.0667. The number of rotatable bonds is 1. The molecule has 0 saturated heterocycles. The average Bonchev–Trinajstić information content (AvgIpc) is 2.47. The molecule has 0 aromatic heterocycles. The van der Waals surface area contributed by atoms with E-state index >= 15 is 0 Å². The molecule has 1 aliphatic rings. The van der Waals surface area contributed by atoms with E-state index in [1.165, 1.54) is 0 Å². The summed E-state index contributed by atoms with van der Waals surface area (Å²) in [4.78, 5) is 13.7. The molecule has 0 radical (unpaired) electrons. The largest absolute Gasteiger partial charge is 0.329 e. The number of hydrogen-bond acceptors (Lipinski definition) is 3. The quantitative estimate of drug-likeness (QED) is 0.873. The number of hydrogen-bond donors (Lipinski definition) is 1. The minimum Gasteiger partial charge on any atom is -0.329 e. The number of nitrogens with zero attached hydrogens (tertiary/aromatic N) is 2. The summed E-state index contributed by atoms with van der Waals surface area (Å²) in [5.41, 5.74) is 2.91. The lowest BCUT2D eigenvalue weighted by molar-refractivity contribution is -0.115. The molecule has 0 bridgehead atoms. The highest BCUT2D eigenvalue weighted by Crippen LogP contribution is 2.38. The van der Waals surface area contributed by atoms with E-state index < -0.39 is 0 Å². The number of fused-ring (bicyclic) bond motifs is 1. The van der Waals surface area contributed by atoms with Crippen molar-refractivity contribution >= 4 is 38.9 Å². The molecule has 98 valence electrons. The van der Waals surface area contributed by atoms with Crippen LogP contribution in [-0.4, -0.2) is 12.5 Å². The van der Waals surface area contributed by atoms with Crippen LogP contribution in [0, 0.1) is 11.3 Å². The molecule has 20 heavy (non-hydrogen) atoms. The summed E-state index contributed by atoms with van der Waals surface area (Å²) in [6.07, 6.45) is 0. The summed E-state index contributed by atoms with van der Waals surface area (Å²) in [7, 11) is 0. The molecule has 0 saturated carbocycles. The van der Waals surface area contributed by atoms with Gasteiger partial charge in [-0.1, -0.05) is 28.1 Å². The van der Waals surface area contributed by atoms with Crippen LogP contribution in [0.5, 0.6) is 0 Å². The Hall–Kier alpha value is -2.32. The van der Waals surface area contributed by atoms with Gasteiger partial charge >= 0.3 is 0 Å². The van der Waals surface area contributed by atoms with Crippen LogP contribution in [0.2, 0.25) is 0 Å². The number of carbonyl (C=O) groups is 1. The molecule has 1 N–H and O–H groups in total. The summed E-state index contributed by atoms with van der Waals surface area (Å²) in [5.74, 6) is -0.0902. The van der Waals surface area contributed by atoms with Gasteiger partial charge in [0.1, 0.15) is 12.6 Å². The third-order valence-corrected chi connectivity index (χ3v) is 3.63. The second kappa shape index (κ2) is 4.99. The molecule has 0 unspecified atom stereocenters. The third kappa shape index (κ3) is 2.15. The maximum absolute atomic E-state index is 11.8. The van der Waals surface area contributed by atoms with Crippen LogP contribution in [0.15, 0.2) is 46.9 Å². The van der Waals surface area contributed by atoms with E-state index in [4.69, 9.17) is 0 Å². The minimum absolute atomic E-state index is 0.0902. The van der Waals surface area contributed by atoms with Crippen molar-refractivity contribution in [3.63, 3.8) is 0 Å². The topological polar surface area (TPSA) is 56.1 Å². The van der Waals surface area contributed by atoms with Gasteiger partial charge in [0.05, 0.1) is 22.6 Å². The number of anilines is 3. The highest BCUT2D eigenvalue weighted by atomic mass is 79.9. The Balaban J connectivity index is 2.18. The van der Waals surface area contributed by atoms with Gasteiger partial charge in [-0.2, -0.15) is 5.26 Å². The maximum atomic E-state index is 11.8. The number of amides is 1. The number of halogens is 1. The second-order valence-electron chi connectivity index (χ2n) is 4.42. The van der Waals surface area contributed by atoms with Crippen LogP contribution in [0.1, 0.15) is 5.56 Å². The number of nitriles is 1. The van der Waals surface area contributed by atoms with Gasteiger partial charge in [0.2, 0.25) is 5.91 Å². The summed E-state index contributed by atoms with van der Waals surface area (Å²) < 4.78 is 0.923. The van der Waals surface area contributed by atoms with Crippen molar-refractivity contribution in [2.24, 2.45) is 0 Å². The van der Waals surface area contributed by atoms with E-state index in [1.54, 1.807) is 6.07 Å². The highest BCUT2D eigenvalue weighted by Gasteiger charge is 2.24. The van der Waals surface area contributed by atoms with Gasteiger partial charge in [-0.05, 0) is 30.3 Å². The van der Waals surface area contributed by atoms with E-state index in [-0.39, 0.29) is 12.5 Å². The van der Waals surface area contributed by atoms with Crippen molar-refractivity contribution in [2.45, 2.75) is 0 Å². The Kier molecular flexibility index (Phi) is 3.17. The van der Waals surface area contributed by atoms with E-state index in [2.05, 4.69) is 27.3 Å². The first-order chi connectivity index (χ1) is 9.69. The first-order valence-corrected chi connectivity index (χ1v) is 6.84. The number of carbonyl (C=O) groups excluding carboxylic acids is 1. The Morgan fingerprint density at radius 1 is 1.20 bits per heavy atom. The lowest BCUT2D eigenvalue weighted by Gasteiger charge is -2.31. The van der Waals surface area contributed by atoms with Crippen molar-refractivity contribution in [2.75, 3.05) is 16.8 Å². The van der Waals surface area contributed by atoms with Gasteiger partial charge in [-0.25, -0.2) is 0 Å². The molecule has 0 atom stereocenters. The third-order valence-electron chi connectivity index (χ3n) is 3.14. The Morgan fingerprint density at radius 3 is 2.80 bits per heavy atom. The van der Waals surface area contributed by atoms with Crippen LogP contribution in [0.25, 0.3) is 0 Å². The fourth-order valence-electron chi connectivity index (χ4n) is 2.27. The summed E-state index contributed by atoms with van der Waals surface area (Å²) >= 11 is 3.44. The predicted octanol–water partition coefficient (Wildman–Crippen LogP) is 3.41. The van der Waals surface area contributed by atoms with Gasteiger partial charge in [0.15, 0.2) is 0 Å². The van der Waals surface area contributed by atoms with Gasteiger partial charge in [-0.15, -0.1) is 0 Å². The maximum Gasteiger partial charge on any atom is 0.244 e. The molecular formula is C15H10BrN3O. The van der Waals surface area contributed by atoms with Gasteiger partial charge in [0, 0.05) is 4.47 Å². The van der Waals surface area contributed by atoms with Gasteiger partial charge < -0.3 is 10.2 Å². The zero-order chi connectivity index (χ0) is 14.1. The molecule has 2 aromatic carbocycles. The molecule has 3 rings (SSSR count). The van der Waals surface area contributed by atoms with E-state index in [9.17, 15) is 10.1 Å². The van der Waals surface area contributed by atoms with Crippen molar-refractivity contribution < 1.29 is 4.79 Å². The standard InChI is InChI=1S/C15H10BrN3O/c16-11-5-6-12-14(7-11)19(9-15(20)18-12)13-4-2-1-3-10(13)8-17/h1-7H,9H2,(H,18,20). The van der Waals surface area contributed by atoms with Crippen molar-refractivity contribution in [3.05, 3.63) is 52.5 Å². The number of nitrogens with one attached hydrogen (secondary N) is 1. The normalized spacial score (nSPS) is 13.4. The molecular weight excluding hydrogens is 318 g/mol. The van der Waals surface area contributed by atoms with Crippen LogP contribution in [0.4, 0.5) is 17.1 Å². The highest BCUT2D eigenvalue weighted by molar-refractivity contribution is 9.10. The zero-order valence-corrected chi connectivity index (χ0v) is 12.0. The molecule has 0 spiro atoms. The minimum atomic E-state index is -0.0902. The smallest absolute Gasteiger partial charge is 0.244 e. The van der Waals surface area contributed by atoms with Crippen LogP contribution in [-0.2, 0) is 4.79 Å². The van der Waals surface area contributed by atoms with Crippen LogP contribution >= 0.6 is 15.9 Å². The molecule has 1 aliphatic heterocycles. The average molecular weight is 328 g/mol. The first-order valence-electron chi connectivity index (χ1n) is 6.05. The zero-order valence-electron chi connectivity index (χ0n) is 10.4. The molecule has 5 heteroatoms. The van der Waals surface area contributed by atoms with E-state index in [0.29, 0.717) is 5.56 Å². The summed E-state index contributed by atoms with van der Waals surface area (Å²) in [6, 6.07) is 15.1. The lowest BCUT2D eigenvalue weighted by atomic mass is 10.1.